The lowest BCUT2D eigenvalue weighted by Crippen LogP contribution is -2.35. The van der Waals surface area contributed by atoms with E-state index in [4.69, 9.17) is 14.6 Å². The van der Waals surface area contributed by atoms with Crippen LogP contribution in [0.4, 0.5) is 22.1 Å². The van der Waals surface area contributed by atoms with Gasteiger partial charge in [0.25, 0.3) is 0 Å². The van der Waals surface area contributed by atoms with Crippen LogP contribution in [0.15, 0.2) is 65.7 Å². The molecule has 3 amide bonds. The fourth-order valence-electron chi connectivity index (χ4n) is 5.43. The van der Waals surface area contributed by atoms with Crippen LogP contribution in [0.3, 0.4) is 0 Å². The molecule has 12 heteroatoms. The summed E-state index contributed by atoms with van der Waals surface area (Å²) in [6.07, 6.45) is 4.51. The van der Waals surface area contributed by atoms with Crippen LogP contribution in [0.2, 0.25) is 0 Å². The van der Waals surface area contributed by atoms with Gasteiger partial charge in [-0.05, 0) is 54.6 Å². The van der Waals surface area contributed by atoms with Crippen molar-refractivity contribution in [2.24, 2.45) is 0 Å². The minimum atomic E-state index is -0.381. The number of fused-ring (bicyclic) bond motifs is 1. The van der Waals surface area contributed by atoms with Gasteiger partial charge in [0.1, 0.15) is 23.1 Å². The minimum absolute atomic E-state index is 0.0505. The van der Waals surface area contributed by atoms with Crippen LogP contribution >= 0.6 is 11.8 Å². The molecule has 4 aromatic rings. The van der Waals surface area contributed by atoms with Crippen LogP contribution in [0.1, 0.15) is 44.0 Å². The molecular formula is C34H39N7O4S. The normalized spacial score (nSPS) is 15.2. The van der Waals surface area contributed by atoms with Gasteiger partial charge in [0.05, 0.1) is 30.3 Å². The van der Waals surface area contributed by atoms with Crippen molar-refractivity contribution < 1.29 is 19.1 Å². The maximum absolute atomic E-state index is 13.4. The van der Waals surface area contributed by atoms with E-state index in [9.17, 15) is 9.59 Å². The number of morpholine rings is 1. The summed E-state index contributed by atoms with van der Waals surface area (Å²) >= 11 is 1.50. The first-order chi connectivity index (χ1) is 22.2. The molecule has 240 valence electrons. The lowest BCUT2D eigenvalue weighted by atomic mass is 9.92. The lowest BCUT2D eigenvalue weighted by Gasteiger charge is -2.26. The molecular weight excluding hydrogens is 602 g/mol. The molecule has 11 nitrogen and oxygen atoms in total. The third kappa shape index (κ3) is 7.35. The molecule has 1 fully saturated rings. The number of amides is 3. The van der Waals surface area contributed by atoms with Crippen LogP contribution < -0.4 is 20.7 Å². The Labute approximate surface area is 273 Å². The van der Waals surface area contributed by atoms with Crippen molar-refractivity contribution in [2.75, 3.05) is 48.5 Å². The lowest BCUT2D eigenvalue weighted by molar-refractivity contribution is -0.116. The molecule has 0 spiro atoms. The Morgan fingerprint density at radius 1 is 1.07 bits per heavy atom. The van der Waals surface area contributed by atoms with Gasteiger partial charge in [0.2, 0.25) is 5.91 Å². The summed E-state index contributed by atoms with van der Waals surface area (Å²) in [6.45, 7) is 10.4. The predicted octanol–water partition coefficient (Wildman–Crippen LogP) is 6.44. The van der Waals surface area contributed by atoms with Gasteiger partial charge >= 0.3 is 6.03 Å². The second-order valence-electron chi connectivity index (χ2n) is 12.4. The summed E-state index contributed by atoms with van der Waals surface area (Å²) in [7, 11) is 0. The summed E-state index contributed by atoms with van der Waals surface area (Å²) in [4.78, 5) is 32.7. The highest BCUT2D eigenvalue weighted by Gasteiger charge is 2.23. The first-order valence-electron chi connectivity index (χ1n) is 15.4. The number of thioether (sulfide) groups is 1. The zero-order chi connectivity index (χ0) is 32.3. The molecule has 2 aliphatic rings. The summed E-state index contributed by atoms with van der Waals surface area (Å²) in [5.41, 5.74) is 4.21. The number of benzene rings is 2. The molecule has 2 aliphatic heterocycles. The highest BCUT2D eigenvalue weighted by Crippen LogP contribution is 2.36. The van der Waals surface area contributed by atoms with E-state index in [-0.39, 0.29) is 17.4 Å². The van der Waals surface area contributed by atoms with Crippen LogP contribution in [0, 0.1) is 0 Å². The number of nitrogens with one attached hydrogen (secondary N) is 3. The Bertz CT molecular complexity index is 1740. The number of carbonyl (C=O) groups excluding carboxylic acids is 2. The summed E-state index contributed by atoms with van der Waals surface area (Å²) < 4.78 is 13.5. The second-order valence-corrected chi connectivity index (χ2v) is 13.2. The van der Waals surface area contributed by atoms with Crippen molar-refractivity contribution in [1.29, 1.82) is 0 Å². The smallest absolute Gasteiger partial charge is 0.324 e. The van der Waals surface area contributed by atoms with Gasteiger partial charge in [0, 0.05) is 54.2 Å². The van der Waals surface area contributed by atoms with Crippen molar-refractivity contribution in [3.8, 4) is 17.2 Å². The molecule has 0 unspecified atom stereocenters. The van der Waals surface area contributed by atoms with E-state index < -0.39 is 0 Å². The standard InChI is InChI=1S/C34H39N7O4S/c1-34(2,3)29-20-30(41(39-29)23-7-5-6-22(18-23)21-40-14-16-44-17-15-40)37-33(43)36-26-10-8-24(19-28(26)46-4)45-27-12-13-35-32-25(27)9-11-31(42)38-32/h5-8,10,12-13,18-20H,9,11,14-17,21H2,1-4H3,(H,35,38,42)(H2,36,37,43). The number of hydrogen-bond donors (Lipinski definition) is 3. The molecule has 0 atom stereocenters. The fraction of sp³-hybridized carbons (Fsp3) is 0.353. The first-order valence-corrected chi connectivity index (χ1v) is 16.6. The SMILES string of the molecule is CSc1cc(Oc2ccnc3c2CCC(=O)N3)ccc1NC(=O)Nc1cc(C(C)(C)C)nn1-c1cccc(CN2CCOCC2)c1. The van der Waals surface area contributed by atoms with Gasteiger partial charge in [-0.15, -0.1) is 11.8 Å². The number of carbonyl (C=O) groups is 2. The quantitative estimate of drug-likeness (QED) is 0.188. The van der Waals surface area contributed by atoms with Crippen molar-refractivity contribution in [2.45, 2.75) is 50.5 Å². The second kappa shape index (κ2) is 13.5. The Hall–Kier alpha value is -4.39. The average Bonchev–Trinajstić information content (AvgIpc) is 3.47. The highest BCUT2D eigenvalue weighted by atomic mass is 32.2. The van der Waals surface area contributed by atoms with E-state index in [2.05, 4.69) is 58.7 Å². The van der Waals surface area contributed by atoms with Crippen LogP contribution in [-0.2, 0) is 27.9 Å². The highest BCUT2D eigenvalue weighted by molar-refractivity contribution is 7.98. The zero-order valence-electron chi connectivity index (χ0n) is 26.6. The van der Waals surface area contributed by atoms with Crippen molar-refractivity contribution in [1.82, 2.24) is 19.7 Å². The average molecular weight is 642 g/mol. The van der Waals surface area contributed by atoms with Gasteiger partial charge in [-0.25, -0.2) is 14.5 Å². The van der Waals surface area contributed by atoms with Crippen LogP contribution in [0.25, 0.3) is 5.69 Å². The maximum atomic E-state index is 13.4. The third-order valence-electron chi connectivity index (χ3n) is 7.91. The Morgan fingerprint density at radius 3 is 2.67 bits per heavy atom. The van der Waals surface area contributed by atoms with Gasteiger partial charge in [-0.1, -0.05) is 32.9 Å². The summed E-state index contributed by atoms with van der Waals surface area (Å²) in [6, 6.07) is 17.1. The maximum Gasteiger partial charge on any atom is 0.324 e. The number of rotatable bonds is 8. The van der Waals surface area contributed by atoms with Gasteiger partial charge in [-0.2, -0.15) is 5.10 Å². The molecule has 4 heterocycles. The monoisotopic (exact) mass is 641 g/mol. The summed E-state index contributed by atoms with van der Waals surface area (Å²) in [5, 5.41) is 13.8. The van der Waals surface area contributed by atoms with E-state index in [0.717, 1.165) is 54.7 Å². The van der Waals surface area contributed by atoms with Gasteiger partial charge < -0.3 is 20.1 Å². The molecule has 6 rings (SSSR count). The molecule has 0 bridgehead atoms. The van der Waals surface area contributed by atoms with E-state index in [1.54, 1.807) is 16.9 Å². The number of aromatic nitrogens is 3. The molecule has 0 aliphatic carbocycles. The number of hydrogen-bond acceptors (Lipinski definition) is 8. The molecule has 2 aromatic carbocycles. The van der Waals surface area contributed by atoms with Gasteiger partial charge in [0.15, 0.2) is 0 Å². The molecule has 0 radical (unpaired) electrons. The molecule has 3 N–H and O–H groups in total. The van der Waals surface area contributed by atoms with Crippen molar-refractivity contribution in [3.63, 3.8) is 0 Å². The minimum Gasteiger partial charge on any atom is -0.457 e. The molecule has 46 heavy (non-hydrogen) atoms. The van der Waals surface area contributed by atoms with E-state index in [0.29, 0.717) is 41.7 Å². The molecule has 0 saturated carbocycles. The topological polar surface area (TPSA) is 123 Å². The number of anilines is 3. The number of ether oxygens (including phenoxy) is 2. The molecule has 1 saturated heterocycles. The first kappa shape index (κ1) is 31.6. The molecule has 2 aromatic heterocycles. The fourth-order valence-corrected chi connectivity index (χ4v) is 6.00. The van der Waals surface area contributed by atoms with Gasteiger partial charge in [-0.3, -0.25) is 15.0 Å². The van der Waals surface area contributed by atoms with Crippen LogP contribution in [0.5, 0.6) is 11.5 Å². The van der Waals surface area contributed by atoms with E-state index in [1.807, 2.05) is 42.7 Å². The Kier molecular flexibility index (Phi) is 9.29. The Morgan fingerprint density at radius 2 is 1.89 bits per heavy atom. The number of nitrogens with zero attached hydrogens (tertiary/aromatic N) is 4. The Balaban J connectivity index is 1.19. The zero-order valence-corrected chi connectivity index (χ0v) is 27.4. The largest absolute Gasteiger partial charge is 0.457 e. The van der Waals surface area contributed by atoms with Crippen molar-refractivity contribution in [3.05, 3.63) is 77.6 Å². The predicted molar refractivity (Wildman–Crippen MR) is 180 cm³/mol. The van der Waals surface area contributed by atoms with Crippen molar-refractivity contribution >= 4 is 41.0 Å². The van der Waals surface area contributed by atoms with E-state index in [1.165, 1.54) is 17.3 Å². The number of urea groups is 1. The van der Waals surface area contributed by atoms with Crippen LogP contribution in [-0.4, -0.2) is 64.2 Å². The summed E-state index contributed by atoms with van der Waals surface area (Å²) in [5.74, 6) is 2.32. The van der Waals surface area contributed by atoms with E-state index >= 15 is 0 Å². The third-order valence-corrected chi connectivity index (χ3v) is 8.68. The number of pyridine rings is 1.